The van der Waals surface area contributed by atoms with Crippen LogP contribution in [0.25, 0.3) is 10.8 Å². The van der Waals surface area contributed by atoms with Crippen LogP contribution in [0.4, 0.5) is 17.1 Å². The number of nitrogens with one attached hydrogen (secondary N) is 1. The Kier molecular flexibility index (Phi) is 7.89. The summed E-state index contributed by atoms with van der Waals surface area (Å²) in [6.45, 7) is 3.74. The van der Waals surface area contributed by atoms with Crippen LogP contribution >= 0.6 is 23.2 Å². The average molecular weight is 574 g/mol. The topological polar surface area (TPSA) is 138 Å². The minimum Gasteiger partial charge on any atom is -0.505 e. The molecule has 1 amide bonds. The van der Waals surface area contributed by atoms with E-state index in [2.05, 4.69) is 15.5 Å². The van der Waals surface area contributed by atoms with Gasteiger partial charge in [-0.05, 0) is 49.1 Å². The molecule has 12 heteroatoms. The number of aryl methyl sites for hydroxylation is 1. The number of carbonyl (C=O) groups excluding carboxylic acids is 1. The van der Waals surface area contributed by atoms with E-state index in [9.17, 15) is 22.9 Å². The maximum atomic E-state index is 13.3. The van der Waals surface area contributed by atoms with Crippen molar-refractivity contribution in [3.63, 3.8) is 0 Å². The standard InChI is InChI=1S/C26H21Cl2N3O6S/c1-3-37-19-10-6-9-18(27)23(19)29-26(33)17-13-15-7-4-5-8-16(15)22(25(17)32)30-31-24-20(38(34,35)36)12-11-14(2)21(24)28/h4-13,32H,3H2,1-2H3,(H,29,33)(H,34,35,36). The molecule has 0 saturated carbocycles. The van der Waals surface area contributed by atoms with Crippen molar-refractivity contribution in [3.8, 4) is 11.5 Å². The van der Waals surface area contributed by atoms with Gasteiger partial charge in [-0.25, -0.2) is 0 Å². The summed E-state index contributed by atoms with van der Waals surface area (Å²) in [5.41, 5.74) is 0.132. The Bertz CT molecular complexity index is 1710. The zero-order valence-corrected chi connectivity index (χ0v) is 22.4. The highest BCUT2D eigenvalue weighted by molar-refractivity contribution is 7.86. The monoisotopic (exact) mass is 573 g/mol. The number of halogens is 2. The average Bonchev–Trinajstić information content (AvgIpc) is 2.86. The molecule has 0 aliphatic rings. The lowest BCUT2D eigenvalue weighted by Crippen LogP contribution is -2.14. The number of carbonyl (C=O) groups is 1. The maximum absolute atomic E-state index is 13.3. The van der Waals surface area contributed by atoms with E-state index in [0.717, 1.165) is 6.07 Å². The fourth-order valence-electron chi connectivity index (χ4n) is 3.72. The predicted molar refractivity (Wildman–Crippen MR) is 146 cm³/mol. The highest BCUT2D eigenvalue weighted by Crippen LogP contribution is 2.42. The lowest BCUT2D eigenvalue weighted by Gasteiger charge is -2.15. The van der Waals surface area contributed by atoms with Crippen LogP contribution in [0, 0.1) is 6.92 Å². The first kappa shape index (κ1) is 27.3. The molecular weight excluding hydrogens is 553 g/mol. The van der Waals surface area contributed by atoms with Crippen LogP contribution in [0.5, 0.6) is 11.5 Å². The van der Waals surface area contributed by atoms with Gasteiger partial charge in [0.25, 0.3) is 16.0 Å². The van der Waals surface area contributed by atoms with Gasteiger partial charge in [-0.1, -0.05) is 59.6 Å². The van der Waals surface area contributed by atoms with Gasteiger partial charge in [-0.15, -0.1) is 10.2 Å². The smallest absolute Gasteiger partial charge is 0.296 e. The summed E-state index contributed by atoms with van der Waals surface area (Å²) >= 11 is 12.6. The van der Waals surface area contributed by atoms with Crippen molar-refractivity contribution >= 4 is 67.1 Å². The highest BCUT2D eigenvalue weighted by atomic mass is 35.5. The Balaban J connectivity index is 1.86. The van der Waals surface area contributed by atoms with Crippen LogP contribution < -0.4 is 10.1 Å². The minimum atomic E-state index is -4.69. The lowest BCUT2D eigenvalue weighted by molar-refractivity contribution is 0.102. The van der Waals surface area contributed by atoms with Crippen molar-refractivity contribution in [1.29, 1.82) is 0 Å². The van der Waals surface area contributed by atoms with Gasteiger partial charge in [0.05, 0.1) is 22.2 Å². The van der Waals surface area contributed by atoms with Crippen molar-refractivity contribution in [1.82, 2.24) is 0 Å². The molecule has 0 spiro atoms. The number of ether oxygens (including phenoxy) is 1. The molecule has 0 bridgehead atoms. The summed E-state index contributed by atoms with van der Waals surface area (Å²) in [6.07, 6.45) is 0. The van der Waals surface area contributed by atoms with Gasteiger partial charge < -0.3 is 15.2 Å². The van der Waals surface area contributed by atoms with Crippen LogP contribution in [-0.2, 0) is 10.1 Å². The quantitative estimate of drug-likeness (QED) is 0.155. The normalized spacial score (nSPS) is 11.7. The van der Waals surface area contributed by atoms with Crippen LogP contribution in [0.1, 0.15) is 22.8 Å². The van der Waals surface area contributed by atoms with E-state index in [4.69, 9.17) is 27.9 Å². The lowest BCUT2D eigenvalue weighted by atomic mass is 10.0. The van der Waals surface area contributed by atoms with Crippen LogP contribution in [0.2, 0.25) is 10.0 Å². The molecule has 4 aromatic rings. The molecule has 4 aromatic carbocycles. The molecule has 0 saturated heterocycles. The van der Waals surface area contributed by atoms with E-state index in [1.807, 2.05) is 0 Å². The molecular formula is C26H21Cl2N3O6S. The molecule has 0 heterocycles. The Morgan fingerprint density at radius 2 is 1.74 bits per heavy atom. The van der Waals surface area contributed by atoms with Crippen LogP contribution in [0.3, 0.4) is 0 Å². The van der Waals surface area contributed by atoms with Gasteiger partial charge in [0.1, 0.15) is 27.7 Å². The number of phenolic OH excluding ortho intramolecular Hbond substituents is 1. The summed E-state index contributed by atoms with van der Waals surface area (Å²) in [6, 6.07) is 15.7. The molecule has 9 nitrogen and oxygen atoms in total. The predicted octanol–water partition coefficient (Wildman–Crippen LogP) is 7.47. The summed E-state index contributed by atoms with van der Waals surface area (Å²) in [7, 11) is -4.69. The van der Waals surface area contributed by atoms with Gasteiger partial charge in [0.2, 0.25) is 0 Å². The summed E-state index contributed by atoms with van der Waals surface area (Å²) in [4.78, 5) is 12.7. The minimum absolute atomic E-state index is 0.0521. The number of azo groups is 1. The number of hydrogen-bond acceptors (Lipinski definition) is 7. The summed E-state index contributed by atoms with van der Waals surface area (Å²) in [5.74, 6) is -0.876. The Labute approximate surface area is 228 Å². The number of amides is 1. The highest BCUT2D eigenvalue weighted by Gasteiger charge is 2.23. The first-order valence-corrected chi connectivity index (χ1v) is 13.4. The van der Waals surface area contributed by atoms with Gasteiger partial charge in [-0.3, -0.25) is 9.35 Å². The Morgan fingerprint density at radius 3 is 2.45 bits per heavy atom. The fraction of sp³-hybridized carbons (Fsp3) is 0.115. The van der Waals surface area contributed by atoms with Crippen LogP contribution in [-0.4, -0.2) is 30.6 Å². The number of nitrogens with zero attached hydrogens (tertiary/aromatic N) is 2. The summed E-state index contributed by atoms with van der Waals surface area (Å²) < 4.78 is 39.0. The Morgan fingerprint density at radius 1 is 1.03 bits per heavy atom. The van der Waals surface area contributed by atoms with Gasteiger partial charge in [0.15, 0.2) is 5.75 Å². The van der Waals surface area contributed by atoms with Gasteiger partial charge in [0, 0.05) is 5.39 Å². The van der Waals surface area contributed by atoms with E-state index < -0.39 is 26.7 Å². The largest absolute Gasteiger partial charge is 0.505 e. The molecule has 0 aliphatic heterocycles. The zero-order chi connectivity index (χ0) is 27.6. The van der Waals surface area contributed by atoms with Crippen molar-refractivity contribution < 1.29 is 27.6 Å². The third kappa shape index (κ3) is 5.44. The Hall–Kier alpha value is -3.70. The SMILES string of the molecule is CCOc1cccc(Cl)c1NC(=O)c1cc2ccccc2c(N=Nc2c(S(=O)(=O)O)ccc(C)c2Cl)c1O. The third-order valence-electron chi connectivity index (χ3n) is 5.55. The van der Waals surface area contributed by atoms with E-state index in [1.165, 1.54) is 12.1 Å². The zero-order valence-electron chi connectivity index (χ0n) is 20.1. The number of anilines is 1. The molecule has 3 N–H and O–H groups in total. The number of phenols is 1. The third-order valence-corrected chi connectivity index (χ3v) is 7.23. The summed E-state index contributed by atoms with van der Waals surface area (Å²) in [5, 5.41) is 23.0. The molecule has 196 valence electrons. The number of rotatable bonds is 7. The molecule has 38 heavy (non-hydrogen) atoms. The number of benzene rings is 4. The molecule has 4 rings (SSSR count). The van der Waals surface area contributed by atoms with Crippen molar-refractivity contribution in [2.45, 2.75) is 18.7 Å². The maximum Gasteiger partial charge on any atom is 0.296 e. The number of fused-ring (bicyclic) bond motifs is 1. The van der Waals surface area contributed by atoms with Gasteiger partial charge >= 0.3 is 0 Å². The molecule has 0 fully saturated rings. The number of aromatic hydroxyl groups is 1. The van der Waals surface area contributed by atoms with Crippen molar-refractivity contribution in [2.24, 2.45) is 10.2 Å². The second kappa shape index (κ2) is 11.0. The van der Waals surface area contributed by atoms with E-state index >= 15 is 0 Å². The van der Waals surface area contributed by atoms with Crippen molar-refractivity contribution in [3.05, 3.63) is 81.8 Å². The molecule has 0 radical (unpaired) electrons. The number of para-hydroxylation sites is 1. The molecule has 0 unspecified atom stereocenters. The molecule has 0 atom stereocenters. The van der Waals surface area contributed by atoms with E-state index in [-0.39, 0.29) is 32.7 Å². The fourth-order valence-corrected chi connectivity index (χ4v) is 4.82. The first-order valence-electron chi connectivity index (χ1n) is 11.2. The van der Waals surface area contributed by atoms with Crippen LogP contribution in [0.15, 0.2) is 75.8 Å². The first-order chi connectivity index (χ1) is 18.0. The second-order valence-electron chi connectivity index (χ2n) is 8.06. The van der Waals surface area contributed by atoms with E-state index in [0.29, 0.717) is 28.7 Å². The van der Waals surface area contributed by atoms with Crippen molar-refractivity contribution in [2.75, 3.05) is 11.9 Å². The molecule has 0 aliphatic carbocycles. The second-order valence-corrected chi connectivity index (χ2v) is 10.2. The van der Waals surface area contributed by atoms with Gasteiger partial charge in [-0.2, -0.15) is 8.42 Å². The molecule has 0 aromatic heterocycles. The number of hydrogen-bond donors (Lipinski definition) is 3. The van der Waals surface area contributed by atoms with E-state index in [1.54, 1.807) is 56.3 Å².